The average Bonchev–Trinajstić information content (AvgIpc) is 2.60. The van der Waals surface area contributed by atoms with Gasteiger partial charge in [0.05, 0.1) is 4.90 Å². The third kappa shape index (κ3) is 6.35. The number of aryl methyl sites for hydroxylation is 1. The van der Waals surface area contributed by atoms with Crippen LogP contribution in [-0.4, -0.2) is 18.1 Å². The van der Waals surface area contributed by atoms with E-state index in [0.717, 1.165) is 18.4 Å². The molecule has 0 bridgehead atoms. The fourth-order valence-electron chi connectivity index (χ4n) is 2.73. The Balaban J connectivity index is 2.01. The first-order valence-electron chi connectivity index (χ1n) is 8.97. The van der Waals surface area contributed by atoms with Crippen LogP contribution in [0.15, 0.2) is 47.4 Å². The number of unbranched alkanes of at least 4 members (excludes halogenated alkanes) is 5. The second kappa shape index (κ2) is 9.59. The number of phenols is 1. The lowest BCUT2D eigenvalue weighted by atomic mass is 10.0. The summed E-state index contributed by atoms with van der Waals surface area (Å²) >= 11 is 0. The van der Waals surface area contributed by atoms with Crippen LogP contribution >= 0.6 is 0 Å². The summed E-state index contributed by atoms with van der Waals surface area (Å²) in [7, 11) is -4.30. The lowest BCUT2D eigenvalue weighted by Crippen LogP contribution is -1.98. The monoisotopic (exact) mass is 378 g/mol. The molecule has 2 N–H and O–H groups in total. The lowest BCUT2D eigenvalue weighted by Gasteiger charge is -2.10. The second-order valence-corrected chi connectivity index (χ2v) is 7.79. The fraction of sp³-hybridized carbons (Fsp3) is 0.400. The topological polar surface area (TPSA) is 83.8 Å². The Bertz CT molecular complexity index is 815. The first-order valence-corrected chi connectivity index (χ1v) is 10.4. The molecule has 5 nitrogen and oxygen atoms in total. The lowest BCUT2D eigenvalue weighted by molar-refractivity contribution is 0.409. The molecule has 0 aliphatic rings. The van der Waals surface area contributed by atoms with Gasteiger partial charge in [-0.2, -0.15) is 8.42 Å². The van der Waals surface area contributed by atoms with Crippen molar-refractivity contribution < 1.29 is 22.8 Å². The van der Waals surface area contributed by atoms with Crippen LogP contribution in [0.3, 0.4) is 0 Å². The second-order valence-electron chi connectivity index (χ2n) is 6.37. The first-order chi connectivity index (χ1) is 12.4. The number of rotatable bonds is 10. The zero-order valence-corrected chi connectivity index (χ0v) is 15.8. The molecule has 2 aromatic rings. The van der Waals surface area contributed by atoms with Gasteiger partial charge >= 0.3 is 0 Å². The Labute approximate surface area is 155 Å². The van der Waals surface area contributed by atoms with Crippen molar-refractivity contribution in [2.45, 2.75) is 56.8 Å². The molecule has 0 spiro atoms. The van der Waals surface area contributed by atoms with Gasteiger partial charge in [0.25, 0.3) is 10.1 Å². The van der Waals surface area contributed by atoms with Crippen LogP contribution in [0.25, 0.3) is 0 Å². The summed E-state index contributed by atoms with van der Waals surface area (Å²) in [5.74, 6) is 0.474. The molecule has 142 valence electrons. The fourth-order valence-corrected chi connectivity index (χ4v) is 3.25. The first kappa shape index (κ1) is 20.3. The molecule has 0 aromatic heterocycles. The zero-order chi connectivity index (χ0) is 19.0. The maximum Gasteiger partial charge on any atom is 0.294 e. The van der Waals surface area contributed by atoms with Crippen molar-refractivity contribution in [2.24, 2.45) is 0 Å². The number of ether oxygens (including phenoxy) is 1. The van der Waals surface area contributed by atoms with E-state index in [4.69, 9.17) is 9.29 Å². The number of phenolic OH excluding ortho intramolecular Hbond substituents is 1. The molecule has 26 heavy (non-hydrogen) atoms. The molecule has 0 atom stereocenters. The Morgan fingerprint density at radius 2 is 1.69 bits per heavy atom. The third-order valence-corrected chi connectivity index (χ3v) is 5.02. The Kier molecular flexibility index (Phi) is 7.48. The van der Waals surface area contributed by atoms with Crippen LogP contribution in [0.4, 0.5) is 0 Å². The maximum atomic E-state index is 11.2. The van der Waals surface area contributed by atoms with Gasteiger partial charge in [0.15, 0.2) is 11.5 Å². The van der Waals surface area contributed by atoms with Crippen molar-refractivity contribution in [2.75, 3.05) is 0 Å². The van der Waals surface area contributed by atoms with Gasteiger partial charge < -0.3 is 9.84 Å². The van der Waals surface area contributed by atoms with Crippen molar-refractivity contribution in [1.29, 1.82) is 0 Å². The quantitative estimate of drug-likeness (QED) is 0.431. The van der Waals surface area contributed by atoms with Crippen LogP contribution in [0.2, 0.25) is 0 Å². The van der Waals surface area contributed by atoms with E-state index in [9.17, 15) is 13.5 Å². The van der Waals surface area contributed by atoms with Crippen molar-refractivity contribution >= 4 is 10.1 Å². The minimum absolute atomic E-state index is 0.0195. The number of hydrogen-bond donors (Lipinski definition) is 2. The molecule has 0 heterocycles. The highest BCUT2D eigenvalue weighted by Gasteiger charge is 2.12. The molecule has 0 aliphatic carbocycles. The molecular weight excluding hydrogens is 352 g/mol. The zero-order valence-electron chi connectivity index (χ0n) is 15.0. The van der Waals surface area contributed by atoms with E-state index >= 15 is 0 Å². The minimum atomic E-state index is -4.30. The minimum Gasteiger partial charge on any atom is -0.504 e. The van der Waals surface area contributed by atoms with Crippen molar-refractivity contribution in [1.82, 2.24) is 0 Å². The van der Waals surface area contributed by atoms with E-state index in [1.165, 1.54) is 50.3 Å². The van der Waals surface area contributed by atoms with Crippen molar-refractivity contribution in [3.05, 3.63) is 48.0 Å². The van der Waals surface area contributed by atoms with Crippen molar-refractivity contribution in [3.63, 3.8) is 0 Å². The third-order valence-electron chi connectivity index (χ3n) is 4.17. The van der Waals surface area contributed by atoms with Crippen LogP contribution in [0.5, 0.6) is 17.2 Å². The van der Waals surface area contributed by atoms with Gasteiger partial charge in [0, 0.05) is 6.07 Å². The molecular formula is C20H26O5S. The summed E-state index contributed by atoms with van der Waals surface area (Å²) in [6.45, 7) is 2.20. The number of hydrogen-bond acceptors (Lipinski definition) is 4. The highest BCUT2D eigenvalue weighted by Crippen LogP contribution is 2.32. The summed E-state index contributed by atoms with van der Waals surface area (Å²) in [6, 6.07) is 10.7. The van der Waals surface area contributed by atoms with Gasteiger partial charge in [-0.25, -0.2) is 0 Å². The SMILES string of the molecule is CCCCCCCCc1ccc(O)c(Oc2cccc(S(=O)(=O)O)c2)c1. The molecule has 2 aromatic carbocycles. The molecule has 0 unspecified atom stereocenters. The Hall–Kier alpha value is -2.05. The Morgan fingerprint density at radius 1 is 0.962 bits per heavy atom. The Morgan fingerprint density at radius 3 is 2.42 bits per heavy atom. The molecule has 0 aliphatic heterocycles. The van der Waals surface area contributed by atoms with Gasteiger partial charge in [-0.3, -0.25) is 4.55 Å². The van der Waals surface area contributed by atoms with Crippen LogP contribution in [0.1, 0.15) is 51.0 Å². The highest BCUT2D eigenvalue weighted by molar-refractivity contribution is 7.85. The number of aromatic hydroxyl groups is 1. The number of benzene rings is 2. The normalized spacial score (nSPS) is 11.5. The average molecular weight is 378 g/mol. The van der Waals surface area contributed by atoms with E-state index in [2.05, 4.69) is 6.92 Å². The van der Waals surface area contributed by atoms with Crippen LogP contribution < -0.4 is 4.74 Å². The van der Waals surface area contributed by atoms with E-state index in [-0.39, 0.29) is 22.1 Å². The molecule has 0 fully saturated rings. The van der Waals surface area contributed by atoms with Gasteiger partial charge in [0.2, 0.25) is 0 Å². The highest BCUT2D eigenvalue weighted by atomic mass is 32.2. The van der Waals surface area contributed by atoms with E-state index < -0.39 is 10.1 Å². The largest absolute Gasteiger partial charge is 0.504 e. The smallest absolute Gasteiger partial charge is 0.294 e. The predicted octanol–water partition coefficient (Wildman–Crippen LogP) is 5.33. The van der Waals surface area contributed by atoms with Crippen molar-refractivity contribution in [3.8, 4) is 17.2 Å². The molecule has 2 rings (SSSR count). The van der Waals surface area contributed by atoms with E-state index in [1.807, 2.05) is 6.07 Å². The van der Waals surface area contributed by atoms with Crippen LogP contribution in [0, 0.1) is 0 Å². The molecule has 0 saturated carbocycles. The summed E-state index contributed by atoms with van der Waals surface area (Å²) in [4.78, 5) is -0.252. The summed E-state index contributed by atoms with van der Waals surface area (Å²) in [5.41, 5.74) is 1.05. The molecule has 6 heteroatoms. The maximum absolute atomic E-state index is 11.2. The summed E-state index contributed by atoms with van der Waals surface area (Å²) in [5, 5.41) is 10.0. The predicted molar refractivity (Wildman–Crippen MR) is 102 cm³/mol. The van der Waals surface area contributed by atoms with Gasteiger partial charge in [-0.1, -0.05) is 51.2 Å². The molecule has 0 amide bonds. The van der Waals surface area contributed by atoms with Gasteiger partial charge in [-0.15, -0.1) is 0 Å². The van der Waals surface area contributed by atoms with Gasteiger partial charge in [0.1, 0.15) is 5.75 Å². The molecule has 0 radical (unpaired) electrons. The van der Waals surface area contributed by atoms with E-state index in [0.29, 0.717) is 0 Å². The van der Waals surface area contributed by atoms with Crippen LogP contribution in [-0.2, 0) is 16.5 Å². The molecule has 0 saturated heterocycles. The summed E-state index contributed by atoms with van der Waals surface area (Å²) in [6.07, 6.45) is 8.16. The standard InChI is InChI=1S/C20H26O5S/c1-2-3-4-5-6-7-9-16-12-13-19(21)20(14-16)25-17-10-8-11-18(15-17)26(22,23)24/h8,10-15,21H,2-7,9H2,1H3,(H,22,23,24). The summed E-state index contributed by atoms with van der Waals surface area (Å²) < 4.78 is 37.2. The van der Waals surface area contributed by atoms with Gasteiger partial charge in [-0.05, 0) is 42.7 Å². The van der Waals surface area contributed by atoms with E-state index in [1.54, 1.807) is 18.2 Å².